The van der Waals surface area contributed by atoms with Crippen molar-refractivity contribution in [3.05, 3.63) is 30.3 Å². The van der Waals surface area contributed by atoms with Gasteiger partial charge in [0.2, 0.25) is 0 Å². The van der Waals surface area contributed by atoms with Gasteiger partial charge in [-0.25, -0.2) is 0 Å². The summed E-state index contributed by atoms with van der Waals surface area (Å²) in [6.07, 6.45) is 0. The lowest BCUT2D eigenvalue weighted by Crippen LogP contribution is -2.37. The van der Waals surface area contributed by atoms with Crippen molar-refractivity contribution in [3.8, 4) is 0 Å². The van der Waals surface area contributed by atoms with E-state index in [9.17, 15) is 4.79 Å². The molecule has 56 valence electrons. The monoisotopic (exact) mass is 150 g/mol. The highest BCUT2D eigenvalue weighted by Crippen LogP contribution is 1.86. The van der Waals surface area contributed by atoms with E-state index in [2.05, 4.69) is 0 Å². The molecule has 1 aromatic rings. The van der Waals surface area contributed by atoms with Crippen molar-refractivity contribution in [1.29, 1.82) is 0 Å². The summed E-state index contributed by atoms with van der Waals surface area (Å²) in [6.45, 7) is -1.41. The van der Waals surface area contributed by atoms with Crippen molar-refractivity contribution in [2.75, 3.05) is 0 Å². The highest BCUT2D eigenvalue weighted by molar-refractivity contribution is 6.92. The third-order valence-corrected chi connectivity index (χ3v) is 1.35. The summed E-state index contributed by atoms with van der Waals surface area (Å²) in [4.78, 5) is 10.2. The molecule has 2 N–H and O–H groups in total. The van der Waals surface area contributed by atoms with Gasteiger partial charge < -0.3 is 10.1 Å². The van der Waals surface area contributed by atoms with Crippen molar-refractivity contribution in [2.45, 2.75) is 0 Å². The molecule has 0 heterocycles. The highest BCUT2D eigenvalue weighted by atomic mass is 16.4. The first kappa shape index (κ1) is 7.82. The molecule has 1 aromatic carbocycles. The summed E-state index contributed by atoms with van der Waals surface area (Å²) in [5.74, 6) is -1.23. The zero-order valence-electron chi connectivity index (χ0n) is 5.77. The van der Waals surface area contributed by atoms with E-state index in [1.807, 2.05) is 0 Å². The van der Waals surface area contributed by atoms with Gasteiger partial charge in [0.05, 0.1) is 0 Å². The first-order valence-electron chi connectivity index (χ1n) is 3.17. The third kappa shape index (κ3) is 1.81. The van der Waals surface area contributed by atoms with Crippen LogP contribution in [0.25, 0.3) is 0 Å². The van der Waals surface area contributed by atoms with Gasteiger partial charge in [0.1, 0.15) is 0 Å². The van der Waals surface area contributed by atoms with Crippen molar-refractivity contribution in [1.82, 2.24) is 0 Å². The van der Waals surface area contributed by atoms with Crippen LogP contribution in [0.15, 0.2) is 30.3 Å². The van der Waals surface area contributed by atoms with Crippen LogP contribution < -0.4 is 5.46 Å². The molecule has 0 amide bonds. The van der Waals surface area contributed by atoms with Crippen LogP contribution in [0.1, 0.15) is 0 Å². The maximum atomic E-state index is 10.2. The molecule has 11 heavy (non-hydrogen) atoms. The van der Waals surface area contributed by atoms with Gasteiger partial charge in [-0.1, -0.05) is 30.3 Å². The second-order valence-electron chi connectivity index (χ2n) is 2.15. The molecule has 4 heteroatoms. The van der Waals surface area contributed by atoms with Gasteiger partial charge >= 0.3 is 6.92 Å². The highest BCUT2D eigenvalue weighted by Gasteiger charge is 2.22. The molecule has 0 bridgehead atoms. The largest absolute Gasteiger partial charge is 0.487 e. The van der Waals surface area contributed by atoms with Gasteiger partial charge in [-0.15, -0.1) is 0 Å². The molecule has 0 radical (unpaired) electrons. The summed E-state index contributed by atoms with van der Waals surface area (Å²) in [7, 11) is 0. The van der Waals surface area contributed by atoms with E-state index in [-0.39, 0.29) is 0 Å². The molecule has 0 fully saturated rings. The average Bonchev–Trinajstić information content (AvgIpc) is 2.05. The number of rotatable bonds is 2. The van der Waals surface area contributed by atoms with Crippen LogP contribution in [-0.2, 0) is 0 Å². The fourth-order valence-corrected chi connectivity index (χ4v) is 0.778. The Morgan fingerprint density at radius 1 is 1.27 bits per heavy atom. The van der Waals surface area contributed by atoms with Crippen molar-refractivity contribution in [2.24, 2.45) is 0 Å². The molecule has 0 aliphatic carbocycles. The normalized spacial score (nSPS) is 9.18. The minimum atomic E-state index is -1.41. The summed E-state index contributed by atoms with van der Waals surface area (Å²) in [5, 5.41) is 17.4. The first-order valence-corrected chi connectivity index (χ1v) is 3.17. The third-order valence-electron chi connectivity index (χ3n) is 1.35. The number of hydrogen-bond acceptors (Lipinski definition) is 2. The Labute approximate surface area is 64.4 Å². The van der Waals surface area contributed by atoms with Crippen LogP contribution in [0.2, 0.25) is 0 Å². The van der Waals surface area contributed by atoms with Gasteiger partial charge in [-0.05, 0) is 5.46 Å². The molecular formula is C7H7BO3. The smallest absolute Gasteiger partial charge is 0.455 e. The predicted octanol–water partition coefficient (Wildman–Crippen LogP) is 0.137. The van der Waals surface area contributed by atoms with E-state index in [4.69, 9.17) is 10.1 Å². The minimum Gasteiger partial charge on any atom is -0.487 e. The Kier molecular flexibility index (Phi) is 2.28. The van der Waals surface area contributed by atoms with Gasteiger partial charge in [0.15, 0.2) is 0 Å². The summed E-state index contributed by atoms with van der Waals surface area (Å²) >= 11 is 0. The van der Waals surface area contributed by atoms with Gasteiger partial charge in [0, 0.05) is 0 Å². The van der Waals surface area contributed by atoms with Crippen LogP contribution >= 0.6 is 0 Å². The van der Waals surface area contributed by atoms with Crippen LogP contribution in [0.5, 0.6) is 0 Å². The number of hydrogen-bond donors (Lipinski definition) is 2. The molecule has 0 aromatic heterocycles. The minimum absolute atomic E-state index is 0.403. The molecule has 0 spiro atoms. The standard InChI is InChI=1S/C7H7BO3/c9-7(10)8(11)6-4-2-1-3-5-6/h1-5,11H,(H,9,10). The molecule has 0 saturated heterocycles. The molecule has 0 atom stereocenters. The van der Waals surface area contributed by atoms with Gasteiger partial charge in [-0.2, -0.15) is 0 Å². The fraction of sp³-hybridized carbons (Fsp3) is 0. The molecular weight excluding hydrogens is 143 g/mol. The first-order chi connectivity index (χ1) is 5.22. The Bertz CT molecular complexity index is 247. The van der Waals surface area contributed by atoms with Crippen molar-refractivity contribution < 1.29 is 14.9 Å². The van der Waals surface area contributed by atoms with Crippen LogP contribution in [0, 0.1) is 0 Å². The molecule has 0 unspecified atom stereocenters. The second kappa shape index (κ2) is 3.21. The zero-order valence-corrected chi connectivity index (χ0v) is 5.77. The van der Waals surface area contributed by atoms with Gasteiger partial charge in [0.25, 0.3) is 5.87 Å². The van der Waals surface area contributed by atoms with Gasteiger partial charge in [-0.3, -0.25) is 4.79 Å². The van der Waals surface area contributed by atoms with E-state index in [1.54, 1.807) is 30.3 Å². The summed E-state index contributed by atoms with van der Waals surface area (Å²) < 4.78 is 0. The number of carboxylic acid groups (broad SMARTS) is 1. The average molecular weight is 150 g/mol. The molecule has 0 aliphatic heterocycles. The van der Waals surface area contributed by atoms with E-state index in [0.717, 1.165) is 0 Å². The SMILES string of the molecule is O=C(O)B(O)c1ccccc1. The Morgan fingerprint density at radius 2 is 1.82 bits per heavy atom. The zero-order chi connectivity index (χ0) is 8.27. The Morgan fingerprint density at radius 3 is 2.27 bits per heavy atom. The van der Waals surface area contributed by atoms with Crippen LogP contribution in [-0.4, -0.2) is 22.9 Å². The lowest BCUT2D eigenvalue weighted by molar-refractivity contribution is 0.215. The predicted molar refractivity (Wildman–Crippen MR) is 42.1 cm³/mol. The second-order valence-corrected chi connectivity index (χ2v) is 2.15. The van der Waals surface area contributed by atoms with Crippen molar-refractivity contribution >= 4 is 18.2 Å². The van der Waals surface area contributed by atoms with E-state index in [0.29, 0.717) is 5.46 Å². The molecule has 0 saturated carbocycles. The van der Waals surface area contributed by atoms with Crippen molar-refractivity contribution in [3.63, 3.8) is 0 Å². The van der Waals surface area contributed by atoms with E-state index >= 15 is 0 Å². The molecule has 3 nitrogen and oxygen atoms in total. The maximum absolute atomic E-state index is 10.2. The lowest BCUT2D eigenvalue weighted by Gasteiger charge is -1.98. The summed E-state index contributed by atoms with van der Waals surface area (Å²) in [5.41, 5.74) is 0.403. The molecule has 0 aliphatic rings. The quantitative estimate of drug-likeness (QED) is 0.589. The lowest BCUT2D eigenvalue weighted by atomic mass is 9.62. The van der Waals surface area contributed by atoms with Crippen LogP contribution in [0.4, 0.5) is 4.79 Å². The topological polar surface area (TPSA) is 57.5 Å². The fourth-order valence-electron chi connectivity index (χ4n) is 0.778. The van der Waals surface area contributed by atoms with E-state index in [1.165, 1.54) is 0 Å². The van der Waals surface area contributed by atoms with E-state index < -0.39 is 12.8 Å². The Hall–Kier alpha value is -1.29. The number of benzene rings is 1. The number of carbonyl (C=O) groups is 1. The van der Waals surface area contributed by atoms with Crippen LogP contribution in [0.3, 0.4) is 0 Å². The Balaban J connectivity index is 2.85. The molecule has 1 rings (SSSR count). The maximum Gasteiger partial charge on any atom is 0.455 e. The summed E-state index contributed by atoms with van der Waals surface area (Å²) in [6, 6.07) is 8.26.